The fraction of sp³-hybridized carbons (Fsp3) is 0. The standard InChI is InChI=1S/C12H12B2N4O/c13-14-16-11-5-6-12-15-7-10(18(12)17-11)8-1-3-9(19)4-2-8/h1-7,14,16-17H,13H2. The molecule has 0 bridgehead atoms. The molecule has 1 aromatic heterocycles. The van der Waals surface area contributed by atoms with Crippen LogP contribution in [0.4, 0.5) is 0 Å². The van der Waals surface area contributed by atoms with Gasteiger partial charge in [0, 0.05) is 5.57 Å². The van der Waals surface area contributed by atoms with Gasteiger partial charge >= 0.3 is 0 Å². The maximum absolute atomic E-state index is 11.2. The molecule has 0 atom stereocenters. The van der Waals surface area contributed by atoms with Gasteiger partial charge in [-0.1, -0.05) is 0 Å². The molecule has 0 fully saturated rings. The number of nitrogens with zero attached hydrogens (tertiary/aromatic N) is 2. The molecule has 1 aromatic rings. The SMILES string of the molecule is BBNC1=CC=c2ncc(=C3C=CC(=O)C=C3)n2N1. The summed E-state index contributed by atoms with van der Waals surface area (Å²) in [6.07, 6.45) is 12.4. The van der Waals surface area contributed by atoms with E-state index in [9.17, 15) is 4.79 Å². The lowest BCUT2D eigenvalue weighted by molar-refractivity contribution is -0.110. The van der Waals surface area contributed by atoms with Crippen molar-refractivity contribution >= 4 is 32.5 Å². The molecular formula is C12H12B2N4O. The van der Waals surface area contributed by atoms with Crippen molar-refractivity contribution < 1.29 is 4.79 Å². The van der Waals surface area contributed by atoms with E-state index < -0.39 is 0 Å². The molecule has 0 saturated carbocycles. The molecule has 1 aliphatic heterocycles. The van der Waals surface area contributed by atoms with Crippen LogP contribution in [0.15, 0.2) is 42.4 Å². The Hall–Kier alpha value is -2.43. The van der Waals surface area contributed by atoms with E-state index in [2.05, 4.69) is 15.6 Å². The molecule has 5 nitrogen and oxygen atoms in total. The highest BCUT2D eigenvalue weighted by Gasteiger charge is 2.08. The minimum Gasteiger partial charge on any atom is -0.424 e. The maximum atomic E-state index is 11.2. The van der Waals surface area contributed by atoms with Crippen molar-refractivity contribution in [1.82, 2.24) is 14.9 Å². The molecule has 3 rings (SSSR count). The number of imidazole rings is 1. The molecule has 2 heterocycles. The number of carbonyl (C=O) groups excluding carboxylic acids is 1. The lowest BCUT2D eigenvalue weighted by Crippen LogP contribution is -2.42. The Bertz CT molecular complexity index is 724. The molecule has 7 heteroatoms. The van der Waals surface area contributed by atoms with Gasteiger partial charge in [0.05, 0.1) is 19.3 Å². The summed E-state index contributed by atoms with van der Waals surface area (Å²) in [6.45, 7) is 0. The van der Waals surface area contributed by atoms with Gasteiger partial charge in [0.1, 0.15) is 5.82 Å². The van der Waals surface area contributed by atoms with Crippen molar-refractivity contribution in [3.63, 3.8) is 0 Å². The topological polar surface area (TPSA) is 59.0 Å². The number of rotatable bonds is 2. The van der Waals surface area contributed by atoms with E-state index in [0.29, 0.717) is 0 Å². The van der Waals surface area contributed by atoms with Crippen molar-refractivity contribution in [1.29, 1.82) is 0 Å². The van der Waals surface area contributed by atoms with Crippen LogP contribution < -0.4 is 21.5 Å². The third-order valence-electron chi connectivity index (χ3n) is 2.94. The molecule has 2 N–H and O–H groups in total. The number of nitrogens with one attached hydrogen (secondary N) is 2. The van der Waals surface area contributed by atoms with Gasteiger partial charge in [-0.15, -0.1) is 0 Å². The van der Waals surface area contributed by atoms with Gasteiger partial charge in [0.15, 0.2) is 18.6 Å². The van der Waals surface area contributed by atoms with Crippen LogP contribution >= 0.6 is 0 Å². The number of hydrogen-bond acceptors (Lipinski definition) is 4. The fourth-order valence-corrected chi connectivity index (χ4v) is 2.04. The Morgan fingerprint density at radius 2 is 2.05 bits per heavy atom. The molecule has 0 amide bonds. The summed E-state index contributed by atoms with van der Waals surface area (Å²) in [5.41, 5.74) is 5.05. The first-order valence-corrected chi connectivity index (χ1v) is 6.19. The summed E-state index contributed by atoms with van der Waals surface area (Å²) >= 11 is 0. The van der Waals surface area contributed by atoms with E-state index >= 15 is 0 Å². The monoisotopic (exact) mass is 250 g/mol. The highest BCUT2D eigenvalue weighted by atomic mass is 16.1. The smallest absolute Gasteiger partial charge is 0.190 e. The first-order chi connectivity index (χ1) is 9.28. The Morgan fingerprint density at radius 3 is 2.79 bits per heavy atom. The second-order valence-corrected chi connectivity index (χ2v) is 4.25. The predicted octanol–water partition coefficient (Wildman–Crippen LogP) is -2.60. The van der Waals surface area contributed by atoms with Gasteiger partial charge in [-0.2, -0.15) is 0 Å². The number of hydrogen-bond donors (Lipinski definition) is 2. The van der Waals surface area contributed by atoms with E-state index in [4.69, 9.17) is 0 Å². The minimum absolute atomic E-state index is 0.00916. The summed E-state index contributed by atoms with van der Waals surface area (Å²) in [4.78, 5) is 15.5. The van der Waals surface area contributed by atoms with Gasteiger partial charge in [-0.25, -0.2) is 9.66 Å². The normalized spacial score (nSPS) is 16.3. The minimum atomic E-state index is 0.00916. The Balaban J connectivity index is 2.08. The van der Waals surface area contributed by atoms with Crippen molar-refractivity contribution in [3.8, 4) is 0 Å². The lowest BCUT2D eigenvalue weighted by atomic mass is 9.67. The van der Waals surface area contributed by atoms with E-state index in [0.717, 1.165) is 29.5 Å². The van der Waals surface area contributed by atoms with Crippen LogP contribution in [0.3, 0.4) is 0 Å². The van der Waals surface area contributed by atoms with Crippen LogP contribution in [0.5, 0.6) is 0 Å². The van der Waals surface area contributed by atoms with Gasteiger partial charge in [-0.05, 0) is 36.5 Å². The van der Waals surface area contributed by atoms with Crippen LogP contribution in [0, 0.1) is 0 Å². The van der Waals surface area contributed by atoms with E-state index in [1.807, 2.05) is 24.6 Å². The number of fused-ring (bicyclic) bond motifs is 1. The first-order valence-electron chi connectivity index (χ1n) is 6.19. The average molecular weight is 250 g/mol. The summed E-state index contributed by atoms with van der Waals surface area (Å²) in [5.74, 6) is 0.935. The zero-order valence-electron chi connectivity index (χ0n) is 10.6. The summed E-state index contributed by atoms with van der Waals surface area (Å²) in [5, 5.41) is 4.15. The molecule has 0 spiro atoms. The molecular weight excluding hydrogens is 238 g/mol. The fourth-order valence-electron chi connectivity index (χ4n) is 2.04. The molecule has 0 radical (unpaired) electrons. The Kier molecular flexibility index (Phi) is 2.87. The first kappa shape index (κ1) is 11.6. The lowest BCUT2D eigenvalue weighted by Gasteiger charge is -2.16. The van der Waals surface area contributed by atoms with Gasteiger partial charge in [-0.3, -0.25) is 10.2 Å². The van der Waals surface area contributed by atoms with Crippen molar-refractivity contribution in [2.75, 3.05) is 5.43 Å². The van der Waals surface area contributed by atoms with Crippen molar-refractivity contribution in [2.45, 2.75) is 0 Å². The molecule has 0 unspecified atom stereocenters. The molecule has 2 aliphatic rings. The highest BCUT2D eigenvalue weighted by molar-refractivity contribution is 6.88. The third-order valence-corrected chi connectivity index (χ3v) is 2.94. The Labute approximate surface area is 111 Å². The van der Waals surface area contributed by atoms with Crippen molar-refractivity contribution in [3.05, 3.63) is 53.2 Å². The predicted molar refractivity (Wildman–Crippen MR) is 78.9 cm³/mol. The quantitative estimate of drug-likeness (QED) is 0.565. The van der Waals surface area contributed by atoms with E-state index in [1.165, 1.54) is 0 Å². The number of ketones is 1. The van der Waals surface area contributed by atoms with Crippen LogP contribution in [-0.2, 0) is 4.79 Å². The van der Waals surface area contributed by atoms with Crippen LogP contribution in [-0.4, -0.2) is 30.5 Å². The van der Waals surface area contributed by atoms with Crippen LogP contribution in [0.25, 0.3) is 11.6 Å². The van der Waals surface area contributed by atoms with Gasteiger partial charge in [0.2, 0.25) is 0 Å². The third kappa shape index (κ3) is 2.14. The molecule has 19 heavy (non-hydrogen) atoms. The number of allylic oxidation sites excluding steroid dienone is 5. The van der Waals surface area contributed by atoms with E-state index in [-0.39, 0.29) is 5.78 Å². The molecule has 92 valence electrons. The zero-order chi connectivity index (χ0) is 13.2. The van der Waals surface area contributed by atoms with Crippen molar-refractivity contribution in [2.24, 2.45) is 0 Å². The Morgan fingerprint density at radius 1 is 1.26 bits per heavy atom. The summed E-state index contributed by atoms with van der Waals surface area (Å²) in [6, 6.07) is 0. The van der Waals surface area contributed by atoms with Crippen LogP contribution in [0.1, 0.15) is 0 Å². The van der Waals surface area contributed by atoms with Gasteiger partial charge in [0.25, 0.3) is 0 Å². The van der Waals surface area contributed by atoms with E-state index in [1.54, 1.807) is 30.5 Å². The summed E-state index contributed by atoms with van der Waals surface area (Å²) < 4.78 is 1.90. The largest absolute Gasteiger partial charge is 0.424 e. The van der Waals surface area contributed by atoms with Gasteiger partial charge < -0.3 is 5.23 Å². The zero-order valence-corrected chi connectivity index (χ0v) is 10.6. The highest BCUT2D eigenvalue weighted by Crippen LogP contribution is 2.04. The number of carbonyl (C=O) groups is 1. The van der Waals surface area contributed by atoms with Crippen LogP contribution in [0.2, 0.25) is 0 Å². The molecule has 0 aromatic carbocycles. The molecule has 1 aliphatic carbocycles. The number of aromatic nitrogens is 2. The second kappa shape index (κ2) is 4.68. The maximum Gasteiger partial charge on any atom is 0.190 e. The second-order valence-electron chi connectivity index (χ2n) is 4.25. The summed E-state index contributed by atoms with van der Waals surface area (Å²) in [7, 11) is 2.89. The molecule has 0 saturated heterocycles. The average Bonchev–Trinajstić information content (AvgIpc) is 2.83.